The van der Waals surface area contributed by atoms with Gasteiger partial charge in [-0.25, -0.2) is 9.98 Å². The van der Waals surface area contributed by atoms with Crippen LogP contribution >= 0.6 is 0 Å². The first-order chi connectivity index (χ1) is 15.0. The highest BCUT2D eigenvalue weighted by molar-refractivity contribution is 6.08. The predicted molar refractivity (Wildman–Crippen MR) is 122 cm³/mol. The normalized spacial score (nSPS) is 17.1. The van der Waals surface area contributed by atoms with Crippen LogP contribution in [0.1, 0.15) is 32.1 Å². The van der Waals surface area contributed by atoms with Gasteiger partial charge >= 0.3 is 0 Å². The average Bonchev–Trinajstić information content (AvgIpc) is 2.76. The highest BCUT2D eigenvalue weighted by atomic mass is 16.2. The molecule has 3 rings (SSSR count). The number of aliphatic imine (C=N–C) groups is 1. The van der Waals surface area contributed by atoms with Crippen molar-refractivity contribution in [2.45, 2.75) is 44.2 Å². The summed E-state index contributed by atoms with van der Waals surface area (Å²) in [6.07, 6.45) is 3.89. The van der Waals surface area contributed by atoms with E-state index in [4.69, 9.17) is 11.5 Å². The first-order valence-electron chi connectivity index (χ1n) is 10.7. The van der Waals surface area contributed by atoms with E-state index >= 15 is 0 Å². The molecule has 0 radical (unpaired) electrons. The molecule has 1 unspecified atom stereocenters. The van der Waals surface area contributed by atoms with Crippen molar-refractivity contribution < 1.29 is 9.59 Å². The van der Waals surface area contributed by atoms with Crippen LogP contribution in [0.3, 0.4) is 0 Å². The Hall–Kier alpha value is -3.04. The summed E-state index contributed by atoms with van der Waals surface area (Å²) in [5.41, 5.74) is 12.4. The number of amides is 2. The Morgan fingerprint density at radius 3 is 2.84 bits per heavy atom. The molecule has 1 aliphatic heterocycles. The van der Waals surface area contributed by atoms with Gasteiger partial charge < -0.3 is 21.7 Å². The Balaban J connectivity index is 1.53. The second kappa shape index (κ2) is 10.8. The number of hydrogen-bond donors (Lipinski definition) is 4. The first-order valence-corrected chi connectivity index (χ1v) is 10.7. The summed E-state index contributed by atoms with van der Waals surface area (Å²) in [4.78, 5) is 35.5. The molecule has 2 amide bonds. The van der Waals surface area contributed by atoms with E-state index in [0.29, 0.717) is 18.3 Å². The smallest absolute Gasteiger partial charge is 0.251 e. The highest BCUT2D eigenvalue weighted by Crippen LogP contribution is 2.15. The van der Waals surface area contributed by atoms with Crippen molar-refractivity contribution in [2.24, 2.45) is 16.5 Å². The Labute approximate surface area is 182 Å². The molecule has 1 aliphatic rings. The summed E-state index contributed by atoms with van der Waals surface area (Å²) in [7, 11) is 1.62. The maximum Gasteiger partial charge on any atom is 0.251 e. The van der Waals surface area contributed by atoms with Crippen molar-refractivity contribution in [1.29, 1.82) is 0 Å². The van der Waals surface area contributed by atoms with E-state index < -0.39 is 6.04 Å². The number of rotatable bonds is 9. The number of nitrogens with zero attached hydrogens (tertiary/aromatic N) is 3. The number of guanidine groups is 1. The molecule has 6 N–H and O–H groups in total. The Morgan fingerprint density at radius 2 is 2.06 bits per heavy atom. The fraction of sp³-hybridized carbons (Fsp3) is 0.455. The monoisotopic (exact) mass is 425 g/mol. The summed E-state index contributed by atoms with van der Waals surface area (Å²) in [5, 5.41) is 6.78. The Morgan fingerprint density at radius 1 is 1.26 bits per heavy atom. The van der Waals surface area contributed by atoms with Crippen molar-refractivity contribution in [3.05, 3.63) is 36.4 Å². The number of fused-ring (bicyclic) bond motifs is 1. The van der Waals surface area contributed by atoms with Gasteiger partial charge in [0.15, 0.2) is 0 Å². The third-order valence-electron chi connectivity index (χ3n) is 5.39. The number of unbranched alkanes of at least 4 members (excludes halogenated alkanes) is 2. The number of carbonyl (C=O) groups is 2. The Kier molecular flexibility index (Phi) is 7.91. The summed E-state index contributed by atoms with van der Waals surface area (Å²) < 4.78 is 0. The second-order valence-corrected chi connectivity index (χ2v) is 7.82. The van der Waals surface area contributed by atoms with Crippen LogP contribution in [0.4, 0.5) is 5.82 Å². The molecule has 0 spiro atoms. The second-order valence-electron chi connectivity index (χ2n) is 7.82. The summed E-state index contributed by atoms with van der Waals surface area (Å²) in [6.45, 7) is 0.845. The number of para-hydroxylation sites is 1. The minimum Gasteiger partial charge on any atom is -0.332 e. The van der Waals surface area contributed by atoms with Crippen LogP contribution in [0, 0.1) is 0 Å². The minimum absolute atomic E-state index is 0.158. The number of anilines is 1. The lowest BCUT2D eigenvalue weighted by Crippen LogP contribution is -2.55. The van der Waals surface area contributed by atoms with Crippen LogP contribution in [0.15, 0.2) is 41.4 Å². The molecule has 31 heavy (non-hydrogen) atoms. The molecule has 9 nitrogen and oxygen atoms in total. The molecular formula is C22H31N7O2. The zero-order valence-corrected chi connectivity index (χ0v) is 17.9. The summed E-state index contributed by atoms with van der Waals surface area (Å²) in [6, 6.07) is 10.7. The van der Waals surface area contributed by atoms with Gasteiger partial charge in [-0.05, 0) is 37.6 Å². The zero-order valence-electron chi connectivity index (χ0n) is 17.9. The molecule has 1 aromatic heterocycles. The number of nitrogens with two attached hydrogens (primary N) is 2. The molecule has 1 aromatic carbocycles. The van der Waals surface area contributed by atoms with Crippen molar-refractivity contribution in [3.63, 3.8) is 0 Å². The van der Waals surface area contributed by atoms with Crippen LogP contribution in [0.25, 0.3) is 10.9 Å². The van der Waals surface area contributed by atoms with Crippen molar-refractivity contribution in [1.82, 2.24) is 15.2 Å². The molecule has 2 atom stereocenters. The minimum atomic E-state index is -0.660. The van der Waals surface area contributed by atoms with Crippen LogP contribution in [-0.4, -0.2) is 59.9 Å². The SMILES string of the molecule is CN(C(=O)C[C@@H](N)CCCCCN)C1CN=C(Nc2ccc3ccccc3n2)NC1=O. The maximum atomic E-state index is 12.6. The van der Waals surface area contributed by atoms with Gasteiger partial charge in [-0.15, -0.1) is 0 Å². The third kappa shape index (κ3) is 6.22. The van der Waals surface area contributed by atoms with E-state index in [9.17, 15) is 9.59 Å². The largest absolute Gasteiger partial charge is 0.332 e. The molecule has 0 fully saturated rings. The number of pyridine rings is 1. The van der Waals surface area contributed by atoms with Crippen molar-refractivity contribution >= 4 is 34.5 Å². The van der Waals surface area contributed by atoms with Crippen LogP contribution in [-0.2, 0) is 9.59 Å². The molecule has 0 saturated carbocycles. The number of benzene rings is 1. The number of hydrogen-bond acceptors (Lipinski definition) is 7. The average molecular weight is 426 g/mol. The predicted octanol–water partition coefficient (Wildman–Crippen LogP) is 1.20. The molecular weight excluding hydrogens is 394 g/mol. The fourth-order valence-electron chi connectivity index (χ4n) is 3.50. The number of nitrogens with one attached hydrogen (secondary N) is 2. The van der Waals surface area contributed by atoms with E-state index in [2.05, 4.69) is 20.6 Å². The molecule has 0 saturated heterocycles. The van der Waals surface area contributed by atoms with Crippen molar-refractivity contribution in [2.75, 3.05) is 25.5 Å². The lowest BCUT2D eigenvalue weighted by atomic mass is 10.0. The van der Waals surface area contributed by atoms with Gasteiger partial charge in [0, 0.05) is 24.9 Å². The summed E-state index contributed by atoms with van der Waals surface area (Å²) in [5.74, 6) is 0.461. The van der Waals surface area contributed by atoms with Gasteiger partial charge in [0.2, 0.25) is 11.9 Å². The van der Waals surface area contributed by atoms with E-state index in [-0.39, 0.29) is 30.8 Å². The molecule has 0 bridgehead atoms. The van der Waals surface area contributed by atoms with Gasteiger partial charge in [0.05, 0.1) is 12.1 Å². The van der Waals surface area contributed by atoms with Gasteiger partial charge in [0.25, 0.3) is 5.91 Å². The standard InChI is InChI=1S/C22H31N7O2/c1-29(20(30)13-16(24)8-3-2-6-12-23)18-14-25-22(28-21(18)31)27-19-11-10-15-7-4-5-9-17(15)26-19/h4-5,7,9-11,16,18H,2-3,6,8,12-14,23-24H2,1H3,(H2,25,26,27,28,31)/t16-,18?/m0/s1. The third-order valence-corrected chi connectivity index (χ3v) is 5.39. The van der Waals surface area contributed by atoms with Gasteiger partial charge in [0.1, 0.15) is 11.9 Å². The lowest BCUT2D eigenvalue weighted by Gasteiger charge is -2.30. The topological polar surface area (TPSA) is 139 Å². The zero-order chi connectivity index (χ0) is 22.2. The first kappa shape index (κ1) is 22.6. The number of carbonyl (C=O) groups excluding carboxylic acids is 2. The fourth-order valence-corrected chi connectivity index (χ4v) is 3.50. The van der Waals surface area contributed by atoms with Gasteiger partial charge in [-0.3, -0.25) is 14.9 Å². The van der Waals surface area contributed by atoms with E-state index in [1.54, 1.807) is 7.05 Å². The quantitative estimate of drug-likeness (QED) is 0.445. The van der Waals surface area contributed by atoms with E-state index in [0.717, 1.165) is 36.6 Å². The highest BCUT2D eigenvalue weighted by Gasteiger charge is 2.31. The van der Waals surface area contributed by atoms with E-state index in [1.165, 1.54) is 4.90 Å². The van der Waals surface area contributed by atoms with Crippen molar-refractivity contribution in [3.8, 4) is 0 Å². The van der Waals surface area contributed by atoms with Crippen LogP contribution in [0.2, 0.25) is 0 Å². The maximum absolute atomic E-state index is 12.6. The number of likely N-dealkylation sites (N-methyl/N-ethyl adjacent to an activating group) is 1. The summed E-state index contributed by atoms with van der Waals surface area (Å²) >= 11 is 0. The van der Waals surface area contributed by atoms with Crippen LogP contribution in [0.5, 0.6) is 0 Å². The number of aromatic nitrogens is 1. The Bertz CT molecular complexity index is 946. The molecule has 0 aliphatic carbocycles. The molecule has 2 aromatic rings. The van der Waals surface area contributed by atoms with Gasteiger partial charge in [-0.1, -0.05) is 31.0 Å². The molecule has 9 heteroatoms. The van der Waals surface area contributed by atoms with Crippen LogP contribution < -0.4 is 22.1 Å². The molecule has 166 valence electrons. The van der Waals surface area contributed by atoms with E-state index in [1.807, 2.05) is 36.4 Å². The van der Waals surface area contributed by atoms with Gasteiger partial charge in [-0.2, -0.15) is 0 Å². The molecule has 2 heterocycles. The lowest BCUT2D eigenvalue weighted by molar-refractivity contribution is -0.138.